The molecule has 0 aliphatic heterocycles. The molecule has 0 saturated heterocycles. The zero-order chi connectivity index (χ0) is 21.0. The minimum absolute atomic E-state index is 0.186. The van der Waals surface area contributed by atoms with Gasteiger partial charge in [0.05, 0.1) is 38.8 Å². The maximum atomic E-state index is 12.6. The predicted molar refractivity (Wildman–Crippen MR) is 112 cm³/mol. The first-order valence-corrected chi connectivity index (χ1v) is 9.61. The van der Waals surface area contributed by atoms with Gasteiger partial charge in [-0.25, -0.2) is 4.98 Å². The van der Waals surface area contributed by atoms with Crippen LogP contribution in [0.4, 0.5) is 0 Å². The molecule has 29 heavy (non-hydrogen) atoms. The summed E-state index contributed by atoms with van der Waals surface area (Å²) < 4.78 is 16.1. The molecule has 2 aromatic carbocycles. The van der Waals surface area contributed by atoms with E-state index in [9.17, 15) is 4.79 Å². The third-order valence-corrected chi connectivity index (χ3v) is 5.05. The van der Waals surface area contributed by atoms with Crippen molar-refractivity contribution in [3.8, 4) is 17.2 Å². The molecule has 0 radical (unpaired) electrons. The average molecular weight is 398 g/mol. The van der Waals surface area contributed by atoms with Crippen LogP contribution < -0.4 is 24.7 Å². The number of aromatic amines is 1. The highest BCUT2D eigenvalue weighted by Gasteiger charge is 2.16. The normalized spacial score (nSPS) is 12.0. The van der Waals surface area contributed by atoms with Gasteiger partial charge in [-0.05, 0) is 32.0 Å². The maximum absolute atomic E-state index is 12.6. The van der Waals surface area contributed by atoms with Crippen LogP contribution in [0.2, 0.25) is 0 Å². The summed E-state index contributed by atoms with van der Waals surface area (Å²) in [6.07, 6.45) is 0. The van der Waals surface area contributed by atoms with Crippen LogP contribution in [0.5, 0.6) is 17.2 Å². The van der Waals surface area contributed by atoms with Gasteiger partial charge in [-0.2, -0.15) is 0 Å². The highest BCUT2D eigenvalue weighted by atomic mass is 16.5. The van der Waals surface area contributed by atoms with Crippen molar-refractivity contribution in [1.29, 1.82) is 0 Å². The Morgan fingerprint density at radius 1 is 0.966 bits per heavy atom. The first kappa shape index (κ1) is 20.7. The number of aryl methyl sites for hydroxylation is 1. The number of methoxy groups -OCH3 is 3. The number of quaternary nitrogens is 1. The Labute approximate surface area is 170 Å². The molecule has 0 saturated carbocycles. The number of aromatic nitrogens is 2. The molecule has 0 aliphatic carbocycles. The summed E-state index contributed by atoms with van der Waals surface area (Å²) in [6.45, 7) is 6.43. The monoisotopic (exact) mass is 398 g/mol. The van der Waals surface area contributed by atoms with Gasteiger partial charge in [-0.3, -0.25) is 4.79 Å². The zero-order valence-corrected chi connectivity index (χ0v) is 17.6. The number of benzene rings is 2. The molecule has 7 nitrogen and oxygen atoms in total. The molecule has 7 heteroatoms. The van der Waals surface area contributed by atoms with Crippen LogP contribution in [-0.4, -0.2) is 37.8 Å². The number of nitrogens with one attached hydrogen (secondary N) is 2. The molecule has 0 aliphatic rings. The standard InChI is InChI=1S/C22H27N3O4/c1-6-25(12-15-9-14(2)7-8-18(15)27-3)13-21-23-17-11-20(29-5)19(28-4)10-16(17)22(26)24-21/h7-11H,6,12-13H2,1-5H3,(H,23,24,26)/p+1. The van der Waals surface area contributed by atoms with Crippen LogP contribution >= 0.6 is 0 Å². The molecule has 1 heterocycles. The smallest absolute Gasteiger partial charge is 0.259 e. The molecule has 2 N–H and O–H groups in total. The van der Waals surface area contributed by atoms with Crippen LogP contribution in [0.3, 0.4) is 0 Å². The van der Waals surface area contributed by atoms with Crippen LogP contribution in [0.25, 0.3) is 10.9 Å². The fourth-order valence-electron chi connectivity index (χ4n) is 3.46. The van der Waals surface area contributed by atoms with Gasteiger partial charge in [0.25, 0.3) is 5.56 Å². The summed E-state index contributed by atoms with van der Waals surface area (Å²) in [5, 5.41) is 0.477. The van der Waals surface area contributed by atoms with Crippen molar-refractivity contribution in [2.24, 2.45) is 0 Å². The van der Waals surface area contributed by atoms with Gasteiger partial charge in [0.15, 0.2) is 17.3 Å². The first-order valence-electron chi connectivity index (χ1n) is 9.61. The maximum Gasteiger partial charge on any atom is 0.259 e. The fourth-order valence-corrected chi connectivity index (χ4v) is 3.46. The number of hydrogen-bond acceptors (Lipinski definition) is 5. The average Bonchev–Trinajstić information content (AvgIpc) is 2.72. The summed E-state index contributed by atoms with van der Waals surface area (Å²) in [6, 6.07) is 9.57. The van der Waals surface area contributed by atoms with E-state index in [1.54, 1.807) is 33.5 Å². The second-order valence-corrected chi connectivity index (χ2v) is 7.01. The summed E-state index contributed by atoms with van der Waals surface area (Å²) in [5.41, 5.74) is 2.73. The molecule has 154 valence electrons. The van der Waals surface area contributed by atoms with Gasteiger partial charge in [0, 0.05) is 11.6 Å². The molecule has 0 fully saturated rings. The summed E-state index contributed by atoms with van der Waals surface area (Å²) in [7, 11) is 4.79. The molecule has 3 rings (SSSR count). The molecule has 1 unspecified atom stereocenters. The van der Waals surface area contributed by atoms with E-state index in [-0.39, 0.29) is 5.56 Å². The molecule has 0 spiro atoms. The van der Waals surface area contributed by atoms with Gasteiger partial charge in [-0.15, -0.1) is 0 Å². The number of rotatable bonds is 8. The number of fused-ring (bicyclic) bond motifs is 1. The number of ether oxygens (including phenoxy) is 3. The highest BCUT2D eigenvalue weighted by Crippen LogP contribution is 2.29. The van der Waals surface area contributed by atoms with Crippen molar-refractivity contribution in [3.05, 3.63) is 57.6 Å². The Morgan fingerprint density at radius 2 is 1.66 bits per heavy atom. The lowest BCUT2D eigenvalue weighted by Gasteiger charge is -2.19. The van der Waals surface area contributed by atoms with Crippen molar-refractivity contribution in [1.82, 2.24) is 9.97 Å². The Kier molecular flexibility index (Phi) is 6.39. The highest BCUT2D eigenvalue weighted by molar-refractivity contribution is 5.81. The van der Waals surface area contributed by atoms with E-state index in [4.69, 9.17) is 14.2 Å². The summed E-state index contributed by atoms with van der Waals surface area (Å²) in [5.74, 6) is 2.57. The number of H-pyrrole nitrogens is 1. The van der Waals surface area contributed by atoms with Gasteiger partial charge >= 0.3 is 0 Å². The SMILES string of the molecule is CC[NH+](Cc1nc2cc(OC)c(OC)cc2c(=O)[nH]1)Cc1cc(C)ccc1OC. The van der Waals surface area contributed by atoms with Crippen molar-refractivity contribution < 1.29 is 19.1 Å². The topological polar surface area (TPSA) is 77.9 Å². The Bertz CT molecular complexity index is 1060. The van der Waals surface area contributed by atoms with Crippen molar-refractivity contribution in [2.45, 2.75) is 26.9 Å². The van der Waals surface area contributed by atoms with E-state index in [0.717, 1.165) is 24.4 Å². The first-order chi connectivity index (χ1) is 14.0. The van der Waals surface area contributed by atoms with Gasteiger partial charge in [0.1, 0.15) is 18.8 Å². The summed E-state index contributed by atoms with van der Waals surface area (Å²) >= 11 is 0. The van der Waals surface area contributed by atoms with Crippen LogP contribution in [0.15, 0.2) is 35.1 Å². The minimum atomic E-state index is -0.186. The van der Waals surface area contributed by atoms with Gasteiger partial charge in [-0.1, -0.05) is 11.6 Å². The lowest BCUT2D eigenvalue weighted by molar-refractivity contribution is -0.926. The van der Waals surface area contributed by atoms with Crippen LogP contribution in [0, 0.1) is 6.92 Å². The zero-order valence-electron chi connectivity index (χ0n) is 17.6. The van der Waals surface area contributed by atoms with Crippen LogP contribution in [0.1, 0.15) is 23.9 Å². The molecule has 3 aromatic rings. The molecular formula is C22H28N3O4+. The van der Waals surface area contributed by atoms with E-state index in [1.165, 1.54) is 10.5 Å². The Balaban J connectivity index is 1.91. The van der Waals surface area contributed by atoms with Crippen molar-refractivity contribution >= 4 is 10.9 Å². The van der Waals surface area contributed by atoms with E-state index < -0.39 is 0 Å². The largest absolute Gasteiger partial charge is 0.496 e. The van der Waals surface area contributed by atoms with Crippen molar-refractivity contribution in [2.75, 3.05) is 27.9 Å². The van der Waals surface area contributed by atoms with E-state index in [2.05, 4.69) is 29.9 Å². The quantitative estimate of drug-likeness (QED) is 0.606. The fraction of sp³-hybridized carbons (Fsp3) is 0.364. The lowest BCUT2D eigenvalue weighted by Crippen LogP contribution is -3.09. The second kappa shape index (κ2) is 8.96. The minimum Gasteiger partial charge on any atom is -0.496 e. The van der Waals surface area contributed by atoms with E-state index in [1.807, 2.05) is 12.1 Å². The molecule has 1 aromatic heterocycles. The second-order valence-electron chi connectivity index (χ2n) is 7.01. The Hall–Kier alpha value is -3.06. The molecule has 1 atom stereocenters. The lowest BCUT2D eigenvalue weighted by atomic mass is 10.1. The van der Waals surface area contributed by atoms with Crippen molar-refractivity contribution in [3.63, 3.8) is 0 Å². The summed E-state index contributed by atoms with van der Waals surface area (Å²) in [4.78, 5) is 21.5. The number of hydrogen-bond donors (Lipinski definition) is 2. The molecular weight excluding hydrogens is 370 g/mol. The number of nitrogens with zero attached hydrogens (tertiary/aromatic N) is 1. The van der Waals surface area contributed by atoms with Crippen LogP contribution in [-0.2, 0) is 13.1 Å². The Morgan fingerprint density at radius 3 is 2.31 bits per heavy atom. The third-order valence-electron chi connectivity index (χ3n) is 5.05. The molecule has 0 bridgehead atoms. The van der Waals surface area contributed by atoms with E-state index in [0.29, 0.717) is 34.8 Å². The molecule has 0 amide bonds. The van der Waals surface area contributed by atoms with Gasteiger partial charge in [0.2, 0.25) is 0 Å². The predicted octanol–water partition coefficient (Wildman–Crippen LogP) is 1.86. The van der Waals surface area contributed by atoms with E-state index >= 15 is 0 Å². The van der Waals surface area contributed by atoms with Gasteiger partial charge < -0.3 is 24.1 Å². The third kappa shape index (κ3) is 4.51.